The van der Waals surface area contributed by atoms with Crippen molar-refractivity contribution in [3.05, 3.63) is 47.5 Å². The molecule has 0 radical (unpaired) electrons. The molecule has 2 N–H and O–H groups in total. The largest absolute Gasteiger partial charge is 0.495 e. The second kappa shape index (κ2) is 9.00. The van der Waals surface area contributed by atoms with E-state index in [-0.39, 0.29) is 12.5 Å². The van der Waals surface area contributed by atoms with Crippen molar-refractivity contribution in [1.29, 1.82) is 0 Å². The maximum absolute atomic E-state index is 12.1. The Morgan fingerprint density at radius 1 is 1.15 bits per heavy atom. The average molecular weight is 388 g/mol. The predicted molar refractivity (Wildman–Crippen MR) is 112 cm³/mol. The Labute approximate surface area is 165 Å². The van der Waals surface area contributed by atoms with E-state index in [9.17, 15) is 4.79 Å². The van der Waals surface area contributed by atoms with Gasteiger partial charge in [0, 0.05) is 30.2 Å². The van der Waals surface area contributed by atoms with E-state index >= 15 is 0 Å². The van der Waals surface area contributed by atoms with Crippen LogP contribution in [0.4, 0.5) is 17.1 Å². The number of hydrogen-bond acceptors (Lipinski definition) is 4. The lowest BCUT2D eigenvalue weighted by Crippen LogP contribution is -2.32. The Hall–Kier alpha value is -2.40. The number of rotatable bonds is 6. The molecule has 27 heavy (non-hydrogen) atoms. The summed E-state index contributed by atoms with van der Waals surface area (Å²) in [7, 11) is 1.56. The first-order valence-electron chi connectivity index (χ1n) is 9.27. The van der Waals surface area contributed by atoms with Crippen molar-refractivity contribution in [2.24, 2.45) is 5.92 Å². The highest BCUT2D eigenvalue weighted by molar-refractivity contribution is 6.32. The number of amides is 1. The molecule has 0 bridgehead atoms. The number of halogens is 1. The monoisotopic (exact) mass is 387 g/mol. The molecule has 0 saturated carbocycles. The van der Waals surface area contributed by atoms with E-state index in [0.29, 0.717) is 16.5 Å². The topological polar surface area (TPSA) is 53.6 Å². The molecular weight excluding hydrogens is 362 g/mol. The lowest BCUT2D eigenvalue weighted by Gasteiger charge is -2.32. The summed E-state index contributed by atoms with van der Waals surface area (Å²) in [5.74, 6) is 1.27. The minimum absolute atomic E-state index is 0.134. The van der Waals surface area contributed by atoms with Gasteiger partial charge in [0.25, 0.3) is 0 Å². The quantitative estimate of drug-likeness (QED) is 0.758. The van der Waals surface area contributed by atoms with Gasteiger partial charge < -0.3 is 20.3 Å². The number of nitrogens with one attached hydrogen (secondary N) is 2. The van der Waals surface area contributed by atoms with Crippen LogP contribution in [0.25, 0.3) is 0 Å². The third kappa shape index (κ3) is 5.30. The van der Waals surface area contributed by atoms with Gasteiger partial charge in [-0.3, -0.25) is 4.79 Å². The fourth-order valence-electron chi connectivity index (χ4n) is 3.19. The SMILES string of the molecule is COc1ccc(NC(=O)CNc2ccc(N3CCC(C)CC3)cc2)cc1Cl. The number of nitrogens with zero attached hydrogens (tertiary/aromatic N) is 1. The second-order valence-corrected chi connectivity index (χ2v) is 7.37. The highest BCUT2D eigenvalue weighted by Gasteiger charge is 2.15. The third-order valence-electron chi connectivity index (χ3n) is 4.90. The average Bonchev–Trinajstić information content (AvgIpc) is 2.68. The number of hydrogen-bond donors (Lipinski definition) is 2. The van der Waals surface area contributed by atoms with Crippen LogP contribution >= 0.6 is 11.6 Å². The maximum Gasteiger partial charge on any atom is 0.243 e. The van der Waals surface area contributed by atoms with Crippen LogP contribution in [0.2, 0.25) is 5.02 Å². The maximum atomic E-state index is 12.1. The first-order valence-corrected chi connectivity index (χ1v) is 9.65. The molecule has 1 heterocycles. The molecule has 1 saturated heterocycles. The lowest BCUT2D eigenvalue weighted by atomic mass is 9.99. The van der Waals surface area contributed by atoms with Crippen LogP contribution in [0.1, 0.15) is 19.8 Å². The Kier molecular flexibility index (Phi) is 6.45. The molecule has 6 heteroatoms. The van der Waals surface area contributed by atoms with Gasteiger partial charge in [-0.2, -0.15) is 0 Å². The fourth-order valence-corrected chi connectivity index (χ4v) is 3.45. The van der Waals surface area contributed by atoms with Crippen LogP contribution in [-0.2, 0) is 4.79 Å². The summed E-state index contributed by atoms with van der Waals surface area (Å²) in [6.07, 6.45) is 2.49. The molecular formula is C21H26ClN3O2. The van der Waals surface area contributed by atoms with Crippen LogP contribution in [-0.4, -0.2) is 32.7 Å². The second-order valence-electron chi connectivity index (χ2n) is 6.97. The summed E-state index contributed by atoms with van der Waals surface area (Å²) in [6.45, 7) is 4.72. The van der Waals surface area contributed by atoms with E-state index in [2.05, 4.69) is 34.6 Å². The Morgan fingerprint density at radius 2 is 1.81 bits per heavy atom. The zero-order valence-electron chi connectivity index (χ0n) is 15.8. The molecule has 3 rings (SSSR count). The van der Waals surface area contributed by atoms with Gasteiger partial charge >= 0.3 is 0 Å². The van der Waals surface area contributed by atoms with Crippen molar-refractivity contribution in [1.82, 2.24) is 0 Å². The molecule has 0 spiro atoms. The van der Waals surface area contributed by atoms with Crippen LogP contribution in [0.3, 0.4) is 0 Å². The molecule has 2 aromatic rings. The molecule has 1 aliphatic heterocycles. The van der Waals surface area contributed by atoms with Crippen molar-refractivity contribution < 1.29 is 9.53 Å². The van der Waals surface area contributed by atoms with Crippen LogP contribution in [0.15, 0.2) is 42.5 Å². The van der Waals surface area contributed by atoms with Crippen molar-refractivity contribution in [2.45, 2.75) is 19.8 Å². The van der Waals surface area contributed by atoms with E-state index in [1.807, 2.05) is 12.1 Å². The number of anilines is 3. The van der Waals surface area contributed by atoms with Gasteiger partial charge in [0.2, 0.25) is 5.91 Å². The number of carbonyl (C=O) groups excluding carboxylic acids is 1. The Balaban J connectivity index is 1.49. The number of ether oxygens (including phenoxy) is 1. The fraction of sp³-hybridized carbons (Fsp3) is 0.381. The summed E-state index contributed by atoms with van der Waals surface area (Å²) < 4.78 is 5.11. The molecule has 144 valence electrons. The van der Waals surface area contributed by atoms with Gasteiger partial charge in [-0.15, -0.1) is 0 Å². The zero-order chi connectivity index (χ0) is 19.2. The van der Waals surface area contributed by atoms with Gasteiger partial charge in [-0.1, -0.05) is 18.5 Å². The zero-order valence-corrected chi connectivity index (χ0v) is 16.6. The third-order valence-corrected chi connectivity index (χ3v) is 5.20. The normalized spacial score (nSPS) is 14.7. The van der Waals surface area contributed by atoms with E-state index < -0.39 is 0 Å². The van der Waals surface area contributed by atoms with E-state index in [0.717, 1.165) is 24.7 Å². The number of methoxy groups -OCH3 is 1. The summed E-state index contributed by atoms with van der Waals surface area (Å²) in [4.78, 5) is 14.6. The number of piperidine rings is 1. The lowest BCUT2D eigenvalue weighted by molar-refractivity contribution is -0.114. The van der Waals surface area contributed by atoms with Crippen LogP contribution in [0.5, 0.6) is 5.75 Å². The summed E-state index contributed by atoms with van der Waals surface area (Å²) >= 11 is 6.08. The molecule has 1 amide bonds. The highest BCUT2D eigenvalue weighted by Crippen LogP contribution is 2.27. The van der Waals surface area contributed by atoms with Gasteiger partial charge in [-0.25, -0.2) is 0 Å². The molecule has 1 aliphatic rings. The summed E-state index contributed by atoms with van der Waals surface area (Å²) in [6, 6.07) is 13.4. The minimum atomic E-state index is -0.134. The summed E-state index contributed by atoms with van der Waals surface area (Å²) in [5.41, 5.74) is 2.80. The van der Waals surface area contributed by atoms with Crippen LogP contribution < -0.4 is 20.3 Å². The summed E-state index contributed by atoms with van der Waals surface area (Å²) in [5, 5.41) is 6.44. The molecule has 1 fully saturated rings. The first kappa shape index (κ1) is 19.4. The van der Waals surface area contributed by atoms with Crippen molar-refractivity contribution >= 4 is 34.6 Å². The molecule has 2 aromatic carbocycles. The van der Waals surface area contributed by atoms with E-state index in [1.54, 1.807) is 25.3 Å². The highest BCUT2D eigenvalue weighted by atomic mass is 35.5. The number of benzene rings is 2. The number of carbonyl (C=O) groups is 1. The van der Waals surface area contributed by atoms with Gasteiger partial charge in [-0.05, 0) is 61.2 Å². The van der Waals surface area contributed by atoms with Gasteiger partial charge in [0.05, 0.1) is 18.7 Å². The minimum Gasteiger partial charge on any atom is -0.495 e. The predicted octanol–water partition coefficient (Wildman–Crippen LogP) is 4.64. The van der Waals surface area contributed by atoms with Crippen molar-refractivity contribution in [3.8, 4) is 5.75 Å². The smallest absolute Gasteiger partial charge is 0.243 e. The van der Waals surface area contributed by atoms with E-state index in [1.165, 1.54) is 18.5 Å². The van der Waals surface area contributed by atoms with E-state index in [4.69, 9.17) is 16.3 Å². The Morgan fingerprint density at radius 3 is 2.44 bits per heavy atom. The molecule has 0 unspecified atom stereocenters. The van der Waals surface area contributed by atoms with Gasteiger partial charge in [0.15, 0.2) is 0 Å². The standard InChI is InChI=1S/C21H26ClN3O2/c1-15-9-11-25(12-10-15)18-6-3-16(4-7-18)23-14-21(26)24-17-5-8-20(27-2)19(22)13-17/h3-8,13,15,23H,9-12,14H2,1-2H3,(H,24,26). The molecule has 0 aromatic heterocycles. The van der Waals surface area contributed by atoms with Crippen molar-refractivity contribution in [3.63, 3.8) is 0 Å². The van der Waals surface area contributed by atoms with Gasteiger partial charge in [0.1, 0.15) is 5.75 Å². The van der Waals surface area contributed by atoms with Crippen molar-refractivity contribution in [2.75, 3.05) is 42.3 Å². The first-order chi connectivity index (χ1) is 13.0. The molecule has 0 aliphatic carbocycles. The molecule has 0 atom stereocenters. The Bertz CT molecular complexity index is 771. The molecule has 5 nitrogen and oxygen atoms in total. The van der Waals surface area contributed by atoms with Crippen LogP contribution in [0, 0.1) is 5.92 Å².